The lowest BCUT2D eigenvalue weighted by Crippen LogP contribution is -2.39. The van der Waals surface area contributed by atoms with Crippen LogP contribution in [0.5, 0.6) is 5.88 Å². The second kappa shape index (κ2) is 8.60. The minimum absolute atomic E-state index is 0.00709. The van der Waals surface area contributed by atoms with Crippen molar-refractivity contribution in [2.24, 2.45) is 0 Å². The van der Waals surface area contributed by atoms with Gasteiger partial charge in [-0.15, -0.1) is 0 Å². The van der Waals surface area contributed by atoms with Gasteiger partial charge in [0.2, 0.25) is 5.91 Å². The molecule has 4 rings (SSSR count). The first-order valence-corrected chi connectivity index (χ1v) is 10.3. The highest BCUT2D eigenvalue weighted by Gasteiger charge is 2.33. The van der Waals surface area contributed by atoms with Crippen LogP contribution in [0.3, 0.4) is 0 Å². The number of halogens is 3. The molecule has 0 spiro atoms. The number of alkyl halides is 3. The molecule has 0 bridgehead atoms. The average Bonchev–Trinajstić information content (AvgIpc) is 3.38. The lowest BCUT2D eigenvalue weighted by molar-refractivity contribution is -0.141. The zero-order valence-electron chi connectivity index (χ0n) is 17.0. The van der Waals surface area contributed by atoms with Gasteiger partial charge < -0.3 is 19.1 Å². The maximum absolute atomic E-state index is 12.9. The normalized spacial score (nSPS) is 17.3. The summed E-state index contributed by atoms with van der Waals surface area (Å²) in [6, 6.07) is 5.71. The highest BCUT2D eigenvalue weighted by Crippen LogP contribution is 2.32. The molecule has 1 N–H and O–H groups in total. The Morgan fingerprint density at radius 1 is 1.35 bits per heavy atom. The van der Waals surface area contributed by atoms with Gasteiger partial charge in [0.25, 0.3) is 5.88 Å². The summed E-state index contributed by atoms with van der Waals surface area (Å²) < 4.78 is 49.2. The minimum atomic E-state index is -4.48. The lowest BCUT2D eigenvalue weighted by atomic mass is 9.94. The Morgan fingerprint density at radius 3 is 2.97 bits per heavy atom. The van der Waals surface area contributed by atoms with Crippen molar-refractivity contribution in [2.45, 2.75) is 44.7 Å². The number of aryl methyl sites for hydroxylation is 1. The van der Waals surface area contributed by atoms with E-state index in [1.54, 1.807) is 17.0 Å². The van der Waals surface area contributed by atoms with Gasteiger partial charge in [0, 0.05) is 43.6 Å². The zero-order chi connectivity index (χ0) is 22.0. The Kier molecular flexibility index (Phi) is 5.88. The fourth-order valence-electron chi connectivity index (χ4n) is 3.88. The van der Waals surface area contributed by atoms with Crippen molar-refractivity contribution in [3.05, 3.63) is 41.4 Å². The number of carbonyl (C=O) groups is 1. The van der Waals surface area contributed by atoms with E-state index in [-0.39, 0.29) is 23.8 Å². The molecule has 0 radical (unpaired) electrons. The largest absolute Gasteiger partial charge is 0.476 e. The topological polar surface area (TPSA) is 84.2 Å². The maximum Gasteiger partial charge on any atom is 0.433 e. The van der Waals surface area contributed by atoms with Crippen LogP contribution < -0.4 is 4.74 Å². The van der Waals surface area contributed by atoms with Crippen LogP contribution in [0.2, 0.25) is 0 Å². The number of piperidine rings is 1. The third-order valence-corrected chi connectivity index (χ3v) is 5.42. The van der Waals surface area contributed by atoms with E-state index in [0.29, 0.717) is 43.3 Å². The predicted octanol–water partition coefficient (Wildman–Crippen LogP) is 4.31. The Morgan fingerprint density at radius 2 is 2.19 bits per heavy atom. The van der Waals surface area contributed by atoms with Crippen molar-refractivity contribution in [3.63, 3.8) is 0 Å². The van der Waals surface area contributed by atoms with E-state index in [4.69, 9.17) is 9.26 Å². The molecule has 0 unspecified atom stereocenters. The molecule has 0 aliphatic carbocycles. The number of amides is 1. The van der Waals surface area contributed by atoms with Gasteiger partial charge >= 0.3 is 6.18 Å². The number of hydrogen-bond acceptors (Lipinski definition) is 5. The molecule has 1 aliphatic rings. The Labute approximate surface area is 176 Å². The van der Waals surface area contributed by atoms with Crippen LogP contribution in [-0.4, -0.2) is 45.6 Å². The molecule has 1 saturated heterocycles. The fraction of sp³-hybridized carbons (Fsp3) is 0.476. The summed E-state index contributed by atoms with van der Waals surface area (Å²) in [5.41, 5.74) is 0.729. The lowest BCUT2D eigenvalue weighted by Gasteiger charge is -2.32. The number of likely N-dealkylation sites (tertiary alicyclic amines) is 1. The quantitative estimate of drug-likeness (QED) is 0.623. The third-order valence-electron chi connectivity index (χ3n) is 5.42. The van der Waals surface area contributed by atoms with Crippen LogP contribution in [0.4, 0.5) is 13.2 Å². The van der Waals surface area contributed by atoms with Crippen molar-refractivity contribution >= 4 is 16.9 Å². The zero-order valence-corrected chi connectivity index (χ0v) is 17.0. The highest BCUT2D eigenvalue weighted by atomic mass is 19.4. The van der Waals surface area contributed by atoms with Crippen LogP contribution in [0, 0.1) is 0 Å². The molecule has 1 aliphatic heterocycles. The molecule has 10 heteroatoms. The monoisotopic (exact) mass is 436 g/mol. The van der Waals surface area contributed by atoms with Gasteiger partial charge in [-0.2, -0.15) is 13.2 Å². The number of H-pyrrole nitrogens is 1. The van der Waals surface area contributed by atoms with E-state index >= 15 is 0 Å². The summed E-state index contributed by atoms with van der Waals surface area (Å²) in [7, 11) is 0. The summed E-state index contributed by atoms with van der Waals surface area (Å²) >= 11 is 0. The Balaban J connectivity index is 1.40. The molecule has 7 nitrogen and oxygen atoms in total. The maximum atomic E-state index is 12.9. The van der Waals surface area contributed by atoms with Crippen molar-refractivity contribution in [3.8, 4) is 5.88 Å². The number of pyridine rings is 1. The molecule has 1 amide bonds. The molecular weight excluding hydrogens is 413 g/mol. The van der Waals surface area contributed by atoms with E-state index in [0.717, 1.165) is 24.6 Å². The van der Waals surface area contributed by atoms with Crippen LogP contribution in [0.15, 0.2) is 28.8 Å². The molecule has 0 aromatic carbocycles. The highest BCUT2D eigenvalue weighted by molar-refractivity contribution is 5.77. The van der Waals surface area contributed by atoms with Crippen molar-refractivity contribution < 1.29 is 27.2 Å². The first-order chi connectivity index (χ1) is 14.8. The van der Waals surface area contributed by atoms with Crippen LogP contribution >= 0.6 is 0 Å². The van der Waals surface area contributed by atoms with Gasteiger partial charge in [0.05, 0.1) is 17.6 Å². The van der Waals surface area contributed by atoms with E-state index in [9.17, 15) is 18.0 Å². The molecule has 3 aromatic heterocycles. The number of aromatic nitrogens is 3. The number of ether oxygens (including phenoxy) is 1. The molecule has 166 valence electrons. The molecule has 31 heavy (non-hydrogen) atoms. The first kappa shape index (κ1) is 21.2. The first-order valence-electron chi connectivity index (χ1n) is 10.3. The van der Waals surface area contributed by atoms with Gasteiger partial charge in [-0.3, -0.25) is 4.79 Å². The van der Waals surface area contributed by atoms with E-state index in [2.05, 4.69) is 15.1 Å². The SMILES string of the molecule is CCOc1cc(CCC(=O)N2CCC[C@H](c3cc4nc(C(F)(F)F)ccc4[nH]3)C2)on1. The number of fused-ring (bicyclic) bond motifs is 1. The van der Waals surface area contributed by atoms with Gasteiger partial charge in [-0.05, 0) is 43.1 Å². The predicted molar refractivity (Wildman–Crippen MR) is 106 cm³/mol. The van der Waals surface area contributed by atoms with Crippen molar-refractivity contribution in [1.82, 2.24) is 20.0 Å². The fourth-order valence-corrected chi connectivity index (χ4v) is 3.88. The molecular formula is C21H23F3N4O3. The smallest absolute Gasteiger partial charge is 0.433 e. The van der Waals surface area contributed by atoms with Crippen molar-refractivity contribution in [1.29, 1.82) is 0 Å². The second-order valence-electron chi connectivity index (χ2n) is 7.60. The minimum Gasteiger partial charge on any atom is -0.476 e. The Bertz CT molecular complexity index is 1060. The van der Waals surface area contributed by atoms with Gasteiger partial charge in [-0.1, -0.05) is 0 Å². The average molecular weight is 436 g/mol. The molecule has 4 heterocycles. The summed E-state index contributed by atoms with van der Waals surface area (Å²) in [4.78, 5) is 21.4. The van der Waals surface area contributed by atoms with Gasteiger partial charge in [0.15, 0.2) is 0 Å². The summed E-state index contributed by atoms with van der Waals surface area (Å²) in [5, 5.41) is 3.79. The van der Waals surface area contributed by atoms with Crippen molar-refractivity contribution in [2.75, 3.05) is 19.7 Å². The number of hydrogen-bond donors (Lipinski definition) is 1. The standard InChI is InChI=1S/C21H23F3N4O3/c1-2-30-19-10-14(31-27-19)5-8-20(29)28-9-3-4-13(12-28)16-11-17-15(25-16)6-7-18(26-17)21(22,23)24/h6-7,10-11,13,25H,2-5,8-9,12H2,1H3/t13-/m0/s1. The van der Waals surface area contributed by atoms with E-state index in [1.165, 1.54) is 6.07 Å². The summed E-state index contributed by atoms with van der Waals surface area (Å²) in [6.45, 7) is 3.51. The van der Waals surface area contributed by atoms with Gasteiger partial charge in [-0.25, -0.2) is 4.98 Å². The molecule has 0 saturated carbocycles. The summed E-state index contributed by atoms with van der Waals surface area (Å²) in [6.07, 6.45) is -2.09. The van der Waals surface area contributed by atoms with Crippen LogP contribution in [0.1, 0.15) is 49.3 Å². The number of aromatic amines is 1. The van der Waals surface area contributed by atoms with Crippen LogP contribution in [-0.2, 0) is 17.4 Å². The van der Waals surface area contributed by atoms with Crippen LogP contribution in [0.25, 0.3) is 11.0 Å². The molecule has 1 fully saturated rings. The van der Waals surface area contributed by atoms with Gasteiger partial charge in [0.1, 0.15) is 11.5 Å². The second-order valence-corrected chi connectivity index (χ2v) is 7.60. The number of nitrogens with zero attached hydrogens (tertiary/aromatic N) is 3. The Hall–Kier alpha value is -3.04. The molecule has 3 aromatic rings. The molecule has 1 atom stereocenters. The summed E-state index contributed by atoms with van der Waals surface area (Å²) in [5.74, 6) is 1.03. The van der Waals surface area contributed by atoms with E-state index in [1.807, 2.05) is 6.92 Å². The number of nitrogens with one attached hydrogen (secondary N) is 1. The third kappa shape index (κ3) is 4.83. The van der Waals surface area contributed by atoms with E-state index < -0.39 is 11.9 Å². The number of rotatable bonds is 6. The number of carbonyl (C=O) groups excluding carboxylic acids is 1.